The van der Waals surface area contributed by atoms with Gasteiger partial charge in [0, 0.05) is 49.7 Å². The number of hydrogen-bond acceptors (Lipinski definition) is 4. The third kappa shape index (κ3) is 4.93. The van der Waals surface area contributed by atoms with E-state index in [2.05, 4.69) is 55.8 Å². The molecule has 150 valence electrons. The first-order chi connectivity index (χ1) is 14.2. The maximum atomic E-state index is 12.3. The van der Waals surface area contributed by atoms with Gasteiger partial charge in [-0.15, -0.1) is 0 Å². The number of benzene rings is 1. The standard InChI is InChI=1S/C22H26N6O/c1-16-4-6-17(7-5-16)14-24-22(29)25-19-3-2-12-28(15-19)21-13-20(26-27-21)18-8-10-23-11-9-18/h4-11,13,19H,2-3,12,14-15H2,1H3,(H,26,27)(H2,24,25,29)/t19-/m1/s1. The molecular formula is C22H26N6O. The lowest BCUT2D eigenvalue weighted by atomic mass is 10.1. The molecule has 29 heavy (non-hydrogen) atoms. The molecule has 3 N–H and O–H groups in total. The van der Waals surface area contributed by atoms with E-state index < -0.39 is 0 Å². The van der Waals surface area contributed by atoms with Crippen LogP contribution < -0.4 is 15.5 Å². The molecule has 4 rings (SSSR count). The van der Waals surface area contributed by atoms with Crippen LogP contribution in [-0.4, -0.2) is 40.3 Å². The number of rotatable bonds is 5. The van der Waals surface area contributed by atoms with Crippen LogP contribution >= 0.6 is 0 Å². The van der Waals surface area contributed by atoms with Gasteiger partial charge in [0.05, 0.1) is 5.69 Å². The minimum atomic E-state index is -0.128. The number of nitrogens with one attached hydrogen (secondary N) is 3. The molecule has 0 bridgehead atoms. The van der Waals surface area contributed by atoms with Crippen LogP contribution in [0.3, 0.4) is 0 Å². The van der Waals surface area contributed by atoms with Gasteiger partial charge < -0.3 is 15.5 Å². The van der Waals surface area contributed by atoms with Gasteiger partial charge in [0.25, 0.3) is 0 Å². The highest BCUT2D eigenvalue weighted by molar-refractivity contribution is 5.74. The summed E-state index contributed by atoms with van der Waals surface area (Å²) in [5.41, 5.74) is 4.33. The summed E-state index contributed by atoms with van der Waals surface area (Å²) in [4.78, 5) is 18.6. The molecule has 2 amide bonds. The molecule has 1 aliphatic heterocycles. The van der Waals surface area contributed by atoms with Crippen molar-refractivity contribution in [3.05, 3.63) is 66.0 Å². The first-order valence-electron chi connectivity index (χ1n) is 9.98. The van der Waals surface area contributed by atoms with Crippen molar-refractivity contribution in [2.75, 3.05) is 18.0 Å². The van der Waals surface area contributed by atoms with E-state index >= 15 is 0 Å². The Morgan fingerprint density at radius 1 is 1.21 bits per heavy atom. The van der Waals surface area contributed by atoms with Crippen LogP contribution in [0.1, 0.15) is 24.0 Å². The van der Waals surface area contributed by atoms with Gasteiger partial charge in [0.15, 0.2) is 5.82 Å². The highest BCUT2D eigenvalue weighted by Gasteiger charge is 2.23. The third-order valence-corrected chi connectivity index (χ3v) is 5.21. The number of anilines is 1. The SMILES string of the molecule is Cc1ccc(CNC(=O)N[C@@H]2CCCN(c3cc(-c4ccncc4)[nH]n3)C2)cc1. The second kappa shape index (κ2) is 8.77. The summed E-state index contributed by atoms with van der Waals surface area (Å²) >= 11 is 0. The zero-order valence-corrected chi connectivity index (χ0v) is 16.6. The predicted molar refractivity (Wildman–Crippen MR) is 114 cm³/mol. The topological polar surface area (TPSA) is 85.9 Å². The number of urea groups is 1. The Balaban J connectivity index is 1.31. The average molecular weight is 390 g/mol. The van der Waals surface area contributed by atoms with Crippen molar-refractivity contribution in [1.82, 2.24) is 25.8 Å². The van der Waals surface area contributed by atoms with Crippen molar-refractivity contribution in [2.45, 2.75) is 32.4 Å². The molecule has 0 saturated carbocycles. The van der Waals surface area contributed by atoms with Gasteiger partial charge in [0.2, 0.25) is 0 Å². The molecule has 1 fully saturated rings. The summed E-state index contributed by atoms with van der Waals surface area (Å²) in [6.07, 6.45) is 5.52. The van der Waals surface area contributed by atoms with Gasteiger partial charge in [-0.2, -0.15) is 5.10 Å². The number of piperidine rings is 1. The van der Waals surface area contributed by atoms with Gasteiger partial charge in [-0.25, -0.2) is 4.79 Å². The van der Waals surface area contributed by atoms with Crippen LogP contribution in [0.4, 0.5) is 10.6 Å². The van der Waals surface area contributed by atoms with Crippen LogP contribution in [0, 0.1) is 6.92 Å². The number of pyridine rings is 1. The Morgan fingerprint density at radius 2 is 2.00 bits per heavy atom. The fourth-order valence-electron chi connectivity index (χ4n) is 3.58. The first-order valence-corrected chi connectivity index (χ1v) is 9.98. The van der Waals surface area contributed by atoms with E-state index in [0.717, 1.165) is 48.6 Å². The lowest BCUT2D eigenvalue weighted by Crippen LogP contribution is -2.50. The summed E-state index contributed by atoms with van der Waals surface area (Å²) in [5.74, 6) is 0.906. The van der Waals surface area contributed by atoms with Crippen molar-refractivity contribution in [2.24, 2.45) is 0 Å². The predicted octanol–water partition coefficient (Wildman–Crippen LogP) is 3.25. The van der Waals surface area contributed by atoms with Crippen LogP contribution in [0.15, 0.2) is 54.9 Å². The number of aromatic nitrogens is 3. The molecule has 1 atom stereocenters. The van der Waals surface area contributed by atoms with Gasteiger partial charge in [-0.3, -0.25) is 10.1 Å². The third-order valence-electron chi connectivity index (χ3n) is 5.21. The number of aromatic amines is 1. The van der Waals surface area contributed by atoms with Crippen LogP contribution in [0.2, 0.25) is 0 Å². The van der Waals surface area contributed by atoms with Crippen LogP contribution in [0.25, 0.3) is 11.3 Å². The maximum absolute atomic E-state index is 12.3. The van der Waals surface area contributed by atoms with Gasteiger partial charge in [-0.1, -0.05) is 29.8 Å². The normalized spacial score (nSPS) is 16.4. The number of carbonyl (C=O) groups excluding carboxylic acids is 1. The summed E-state index contributed by atoms with van der Waals surface area (Å²) in [5, 5.41) is 13.6. The molecule has 0 spiro atoms. The molecule has 7 heteroatoms. The van der Waals surface area contributed by atoms with E-state index in [9.17, 15) is 4.79 Å². The molecule has 3 heterocycles. The summed E-state index contributed by atoms with van der Waals surface area (Å²) in [6, 6.07) is 14.1. The van der Waals surface area contributed by atoms with Gasteiger partial charge in [-0.05, 0) is 37.5 Å². The molecule has 0 aliphatic carbocycles. The smallest absolute Gasteiger partial charge is 0.315 e. The van der Waals surface area contributed by atoms with Gasteiger partial charge >= 0.3 is 6.03 Å². The number of H-pyrrole nitrogens is 1. The first kappa shape index (κ1) is 19.0. The molecule has 1 saturated heterocycles. The van der Waals surface area contributed by atoms with E-state index in [1.54, 1.807) is 12.4 Å². The summed E-state index contributed by atoms with van der Waals surface area (Å²) < 4.78 is 0. The fraction of sp³-hybridized carbons (Fsp3) is 0.318. The Kier molecular flexibility index (Phi) is 5.74. The Morgan fingerprint density at radius 3 is 2.79 bits per heavy atom. The van der Waals surface area contributed by atoms with E-state index in [1.165, 1.54) is 5.56 Å². The van der Waals surface area contributed by atoms with E-state index in [0.29, 0.717) is 6.54 Å². The van der Waals surface area contributed by atoms with Crippen molar-refractivity contribution in [1.29, 1.82) is 0 Å². The number of amides is 2. The van der Waals surface area contributed by atoms with Gasteiger partial charge in [0.1, 0.15) is 0 Å². The molecule has 2 aromatic heterocycles. The Labute approximate surface area is 170 Å². The van der Waals surface area contributed by atoms with Crippen molar-refractivity contribution in [3.8, 4) is 11.3 Å². The molecule has 7 nitrogen and oxygen atoms in total. The summed E-state index contributed by atoms with van der Waals surface area (Å²) in [6.45, 7) is 4.26. The second-order valence-electron chi connectivity index (χ2n) is 7.47. The maximum Gasteiger partial charge on any atom is 0.315 e. The zero-order chi connectivity index (χ0) is 20.1. The van der Waals surface area contributed by atoms with Crippen LogP contribution in [-0.2, 0) is 6.54 Å². The average Bonchev–Trinajstić information content (AvgIpc) is 3.25. The molecule has 0 radical (unpaired) electrons. The highest BCUT2D eigenvalue weighted by Crippen LogP contribution is 2.23. The van der Waals surface area contributed by atoms with Crippen molar-refractivity contribution in [3.63, 3.8) is 0 Å². The van der Waals surface area contributed by atoms with Crippen LogP contribution in [0.5, 0.6) is 0 Å². The largest absolute Gasteiger partial charge is 0.353 e. The molecule has 1 aromatic carbocycles. The molecule has 0 unspecified atom stereocenters. The minimum Gasteiger partial charge on any atom is -0.353 e. The number of aryl methyl sites for hydroxylation is 1. The number of nitrogens with zero attached hydrogens (tertiary/aromatic N) is 3. The van der Waals surface area contributed by atoms with E-state index in [1.807, 2.05) is 24.3 Å². The lowest BCUT2D eigenvalue weighted by molar-refractivity contribution is 0.234. The molecular weight excluding hydrogens is 364 g/mol. The second-order valence-corrected chi connectivity index (χ2v) is 7.47. The fourth-order valence-corrected chi connectivity index (χ4v) is 3.58. The van der Waals surface area contributed by atoms with Crippen molar-refractivity contribution >= 4 is 11.8 Å². The van der Waals surface area contributed by atoms with E-state index in [4.69, 9.17) is 0 Å². The zero-order valence-electron chi connectivity index (χ0n) is 16.6. The van der Waals surface area contributed by atoms with Crippen molar-refractivity contribution < 1.29 is 4.79 Å². The number of carbonyl (C=O) groups is 1. The molecule has 1 aliphatic rings. The monoisotopic (exact) mass is 390 g/mol. The lowest BCUT2D eigenvalue weighted by Gasteiger charge is -2.33. The Bertz CT molecular complexity index is 937. The molecule has 3 aromatic rings. The minimum absolute atomic E-state index is 0.0999. The highest BCUT2D eigenvalue weighted by atomic mass is 16.2. The summed E-state index contributed by atoms with van der Waals surface area (Å²) in [7, 11) is 0. The van der Waals surface area contributed by atoms with E-state index in [-0.39, 0.29) is 12.1 Å². The Hall–Kier alpha value is -3.35. The number of hydrogen-bond donors (Lipinski definition) is 3. The quantitative estimate of drug-likeness (QED) is 0.624.